The molecule has 7 heteroatoms. The number of anilines is 2. The van der Waals surface area contributed by atoms with Crippen LogP contribution in [0.1, 0.15) is 24.0 Å². The van der Waals surface area contributed by atoms with Crippen molar-refractivity contribution in [2.24, 2.45) is 10.7 Å². The molecule has 1 saturated heterocycles. The van der Waals surface area contributed by atoms with Crippen LogP contribution in [0.5, 0.6) is 0 Å². The second-order valence-electron chi connectivity index (χ2n) is 7.53. The van der Waals surface area contributed by atoms with Crippen LogP contribution in [0.4, 0.5) is 11.5 Å². The monoisotopic (exact) mass is 392 g/mol. The van der Waals surface area contributed by atoms with Gasteiger partial charge in [-0.25, -0.2) is 4.98 Å². The van der Waals surface area contributed by atoms with Crippen molar-refractivity contribution in [3.8, 4) is 0 Å². The first kappa shape index (κ1) is 19.2. The van der Waals surface area contributed by atoms with Crippen LogP contribution in [0.25, 0.3) is 0 Å². The summed E-state index contributed by atoms with van der Waals surface area (Å²) in [6, 6.07) is 12.2. The molecule has 1 aliphatic carbocycles. The van der Waals surface area contributed by atoms with E-state index in [0.717, 1.165) is 37.4 Å². The fraction of sp³-hybridized carbons (Fsp3) is 0.409. The minimum absolute atomic E-state index is 0.125. The van der Waals surface area contributed by atoms with Gasteiger partial charge in [-0.2, -0.15) is 0 Å². The number of aliphatic imine (C=N–C) groups is 1. The molecule has 0 atom stereocenters. The lowest BCUT2D eigenvalue weighted by molar-refractivity contribution is -0.131. The summed E-state index contributed by atoms with van der Waals surface area (Å²) in [4.78, 5) is 25.3. The molecule has 1 aromatic heterocycles. The fourth-order valence-corrected chi connectivity index (χ4v) is 3.99. The summed E-state index contributed by atoms with van der Waals surface area (Å²) >= 11 is 0. The first-order chi connectivity index (χ1) is 14.2. The molecule has 2 aromatic rings. The number of carbonyl (C=O) groups is 1. The number of nitrogens with two attached hydrogens (primary N) is 1. The lowest BCUT2D eigenvalue weighted by atomic mass is 10.1. The zero-order chi connectivity index (χ0) is 20.1. The Kier molecular flexibility index (Phi) is 5.93. The third-order valence-corrected chi connectivity index (χ3v) is 5.58. The maximum absolute atomic E-state index is 12.5. The number of piperazine rings is 1. The molecule has 7 nitrogen and oxygen atoms in total. The van der Waals surface area contributed by atoms with E-state index < -0.39 is 0 Å². The average Bonchev–Trinajstić information content (AvgIpc) is 3.22. The molecular formula is C22H28N6O. The van der Waals surface area contributed by atoms with Gasteiger partial charge in [0.05, 0.1) is 6.54 Å². The Morgan fingerprint density at radius 2 is 1.93 bits per heavy atom. The summed E-state index contributed by atoms with van der Waals surface area (Å²) in [6.45, 7) is 3.41. The number of guanidine groups is 1. The van der Waals surface area contributed by atoms with Crippen molar-refractivity contribution in [2.75, 3.05) is 42.9 Å². The quantitative estimate of drug-likeness (QED) is 0.601. The van der Waals surface area contributed by atoms with Gasteiger partial charge in [0.15, 0.2) is 5.96 Å². The molecule has 0 unspecified atom stereocenters. The Labute approximate surface area is 171 Å². The zero-order valence-corrected chi connectivity index (χ0v) is 16.7. The predicted molar refractivity (Wildman–Crippen MR) is 116 cm³/mol. The Balaban J connectivity index is 1.21. The molecule has 2 aliphatic rings. The Hall–Kier alpha value is -3.09. The molecule has 0 spiro atoms. The van der Waals surface area contributed by atoms with E-state index in [-0.39, 0.29) is 5.91 Å². The second-order valence-corrected chi connectivity index (χ2v) is 7.53. The van der Waals surface area contributed by atoms with Gasteiger partial charge in [-0.05, 0) is 54.7 Å². The van der Waals surface area contributed by atoms with Gasteiger partial charge in [-0.3, -0.25) is 9.79 Å². The SMILES string of the molecule is NC(=NCCC(=O)N1CCN(c2ccccn2)CC1)Nc1ccc2c(c1)CCC2. The van der Waals surface area contributed by atoms with Gasteiger partial charge in [0.1, 0.15) is 5.82 Å². The van der Waals surface area contributed by atoms with E-state index in [1.165, 1.54) is 17.5 Å². The Bertz CT molecular complexity index is 874. The van der Waals surface area contributed by atoms with Crippen molar-refractivity contribution in [1.82, 2.24) is 9.88 Å². The number of hydrogen-bond acceptors (Lipinski definition) is 4. The van der Waals surface area contributed by atoms with E-state index in [1.807, 2.05) is 29.2 Å². The molecule has 4 rings (SSSR count). The topological polar surface area (TPSA) is 86.8 Å². The van der Waals surface area contributed by atoms with Crippen LogP contribution in [-0.4, -0.2) is 54.5 Å². The number of pyridine rings is 1. The minimum Gasteiger partial charge on any atom is -0.370 e. The number of carbonyl (C=O) groups excluding carboxylic acids is 1. The molecule has 1 aromatic carbocycles. The van der Waals surface area contributed by atoms with Gasteiger partial charge in [0, 0.05) is 44.5 Å². The van der Waals surface area contributed by atoms with Crippen molar-refractivity contribution in [3.63, 3.8) is 0 Å². The molecule has 1 amide bonds. The predicted octanol–water partition coefficient (Wildman–Crippen LogP) is 2.04. The summed E-state index contributed by atoms with van der Waals surface area (Å²) in [7, 11) is 0. The van der Waals surface area contributed by atoms with Gasteiger partial charge < -0.3 is 20.9 Å². The van der Waals surface area contributed by atoms with Gasteiger partial charge >= 0.3 is 0 Å². The summed E-state index contributed by atoms with van der Waals surface area (Å²) < 4.78 is 0. The molecule has 29 heavy (non-hydrogen) atoms. The number of hydrogen-bond donors (Lipinski definition) is 2. The number of nitrogens with zero attached hydrogens (tertiary/aromatic N) is 4. The van der Waals surface area contributed by atoms with Crippen LogP contribution >= 0.6 is 0 Å². The van der Waals surface area contributed by atoms with Gasteiger partial charge in [0.2, 0.25) is 5.91 Å². The van der Waals surface area contributed by atoms with Crippen molar-refractivity contribution >= 4 is 23.4 Å². The number of amides is 1. The van der Waals surface area contributed by atoms with E-state index in [0.29, 0.717) is 32.0 Å². The van der Waals surface area contributed by atoms with E-state index in [2.05, 4.69) is 32.3 Å². The summed E-state index contributed by atoms with van der Waals surface area (Å²) in [5, 5.41) is 3.14. The number of nitrogens with one attached hydrogen (secondary N) is 1. The van der Waals surface area contributed by atoms with Gasteiger partial charge in [-0.15, -0.1) is 0 Å². The zero-order valence-electron chi connectivity index (χ0n) is 16.7. The minimum atomic E-state index is 0.125. The molecule has 1 aliphatic heterocycles. The standard InChI is InChI=1S/C22H28N6O/c23-22(26-19-8-7-17-4-3-5-18(17)16-19)25-11-9-21(29)28-14-12-27(13-15-28)20-6-1-2-10-24-20/h1-2,6-8,10,16H,3-5,9,11-15H2,(H3,23,25,26). The van der Waals surface area contributed by atoms with E-state index in [9.17, 15) is 4.79 Å². The molecular weight excluding hydrogens is 364 g/mol. The maximum atomic E-state index is 12.5. The van der Waals surface area contributed by atoms with Gasteiger partial charge in [-0.1, -0.05) is 12.1 Å². The first-order valence-corrected chi connectivity index (χ1v) is 10.3. The highest BCUT2D eigenvalue weighted by atomic mass is 16.2. The molecule has 0 saturated carbocycles. The van der Waals surface area contributed by atoms with E-state index in [4.69, 9.17) is 5.73 Å². The lowest BCUT2D eigenvalue weighted by Crippen LogP contribution is -2.49. The number of aryl methyl sites for hydroxylation is 2. The van der Waals surface area contributed by atoms with Crippen LogP contribution in [-0.2, 0) is 17.6 Å². The van der Waals surface area contributed by atoms with Crippen molar-refractivity contribution in [1.29, 1.82) is 0 Å². The van der Waals surface area contributed by atoms with Crippen LogP contribution in [0, 0.1) is 0 Å². The summed E-state index contributed by atoms with van der Waals surface area (Å²) in [6.07, 6.45) is 5.68. The second kappa shape index (κ2) is 8.94. The van der Waals surface area contributed by atoms with E-state index in [1.54, 1.807) is 6.20 Å². The highest BCUT2D eigenvalue weighted by molar-refractivity contribution is 5.92. The third kappa shape index (κ3) is 4.85. The smallest absolute Gasteiger partial charge is 0.224 e. The molecule has 0 bridgehead atoms. The molecule has 152 valence electrons. The van der Waals surface area contributed by atoms with Gasteiger partial charge in [0.25, 0.3) is 0 Å². The van der Waals surface area contributed by atoms with Crippen molar-refractivity contribution in [3.05, 3.63) is 53.7 Å². The molecule has 1 fully saturated rings. The largest absolute Gasteiger partial charge is 0.370 e. The number of rotatable bonds is 5. The number of benzene rings is 1. The van der Waals surface area contributed by atoms with Crippen molar-refractivity contribution in [2.45, 2.75) is 25.7 Å². The first-order valence-electron chi connectivity index (χ1n) is 10.3. The highest BCUT2D eigenvalue weighted by Crippen LogP contribution is 2.24. The fourth-order valence-electron chi connectivity index (χ4n) is 3.99. The van der Waals surface area contributed by atoms with Crippen LogP contribution < -0.4 is 16.0 Å². The van der Waals surface area contributed by atoms with Crippen LogP contribution in [0.3, 0.4) is 0 Å². The summed E-state index contributed by atoms with van der Waals surface area (Å²) in [5.41, 5.74) is 9.78. The highest BCUT2D eigenvalue weighted by Gasteiger charge is 2.21. The molecule has 3 N–H and O–H groups in total. The summed E-state index contributed by atoms with van der Waals surface area (Å²) in [5.74, 6) is 1.45. The molecule has 2 heterocycles. The van der Waals surface area contributed by atoms with Crippen LogP contribution in [0.2, 0.25) is 0 Å². The maximum Gasteiger partial charge on any atom is 0.224 e. The number of fused-ring (bicyclic) bond motifs is 1. The lowest BCUT2D eigenvalue weighted by Gasteiger charge is -2.35. The number of aromatic nitrogens is 1. The Morgan fingerprint density at radius 1 is 1.10 bits per heavy atom. The Morgan fingerprint density at radius 3 is 2.72 bits per heavy atom. The molecule has 0 radical (unpaired) electrons. The third-order valence-electron chi connectivity index (χ3n) is 5.58. The van der Waals surface area contributed by atoms with Crippen molar-refractivity contribution < 1.29 is 4.79 Å². The normalized spacial score (nSPS) is 16.6. The van der Waals surface area contributed by atoms with E-state index >= 15 is 0 Å². The average molecular weight is 393 g/mol. The van der Waals surface area contributed by atoms with Crippen LogP contribution in [0.15, 0.2) is 47.6 Å².